The van der Waals surface area contributed by atoms with Gasteiger partial charge >= 0.3 is 0 Å². The van der Waals surface area contributed by atoms with Crippen LogP contribution in [0.1, 0.15) is 5.56 Å². The van der Waals surface area contributed by atoms with E-state index < -0.39 is 0 Å². The number of pyridine rings is 1. The Hall–Kier alpha value is -1.28. The fourth-order valence-corrected chi connectivity index (χ4v) is 1.70. The number of hydrogen-bond donors (Lipinski definition) is 1. The van der Waals surface area contributed by atoms with Gasteiger partial charge < -0.3 is 0 Å². The molecule has 1 aromatic heterocycles. The first kappa shape index (κ1) is 9.28. The van der Waals surface area contributed by atoms with Crippen LogP contribution in [-0.2, 0) is 0 Å². The zero-order chi connectivity index (χ0) is 9.97. The van der Waals surface area contributed by atoms with Gasteiger partial charge in [-0.1, -0.05) is 18.2 Å². The molecule has 2 heteroatoms. The maximum atomic E-state index is 4.50. The molecule has 14 heavy (non-hydrogen) atoms. The average molecular weight is 201 g/mol. The second kappa shape index (κ2) is 3.84. The van der Waals surface area contributed by atoms with Crippen molar-refractivity contribution in [1.82, 2.24) is 4.98 Å². The molecule has 1 nitrogen and oxygen atoms in total. The normalized spacial score (nSPS) is 10.1. The minimum atomic E-state index is 1.04. The highest BCUT2D eigenvalue weighted by molar-refractivity contribution is 7.80. The van der Waals surface area contributed by atoms with E-state index in [1.165, 1.54) is 5.56 Å². The smallest absolute Gasteiger partial charge is 0.0273 e. The summed E-state index contributed by atoms with van der Waals surface area (Å²) in [5.41, 5.74) is 3.52. The number of benzene rings is 1. The van der Waals surface area contributed by atoms with E-state index in [-0.39, 0.29) is 0 Å². The van der Waals surface area contributed by atoms with Crippen molar-refractivity contribution in [2.45, 2.75) is 11.8 Å². The van der Waals surface area contributed by atoms with E-state index in [1.54, 1.807) is 12.4 Å². The number of hydrogen-bond acceptors (Lipinski definition) is 2. The van der Waals surface area contributed by atoms with Gasteiger partial charge in [0.15, 0.2) is 0 Å². The lowest BCUT2D eigenvalue weighted by atomic mass is 10.0. The van der Waals surface area contributed by atoms with Gasteiger partial charge in [0.25, 0.3) is 0 Å². The van der Waals surface area contributed by atoms with Crippen molar-refractivity contribution in [2.75, 3.05) is 0 Å². The van der Waals surface area contributed by atoms with Crippen molar-refractivity contribution in [2.24, 2.45) is 0 Å². The summed E-state index contributed by atoms with van der Waals surface area (Å²) in [7, 11) is 0. The molecule has 0 aliphatic rings. The third kappa shape index (κ3) is 1.66. The molecule has 0 aliphatic carbocycles. The fourth-order valence-electron chi connectivity index (χ4n) is 1.42. The van der Waals surface area contributed by atoms with Gasteiger partial charge in [0.1, 0.15) is 0 Å². The molecule has 2 rings (SSSR count). The molecule has 0 amide bonds. The molecular formula is C12H11NS. The zero-order valence-corrected chi connectivity index (χ0v) is 8.83. The van der Waals surface area contributed by atoms with E-state index >= 15 is 0 Å². The van der Waals surface area contributed by atoms with E-state index in [1.807, 2.05) is 18.2 Å². The van der Waals surface area contributed by atoms with Crippen LogP contribution in [0.4, 0.5) is 0 Å². The highest BCUT2D eigenvalue weighted by Crippen LogP contribution is 2.28. The van der Waals surface area contributed by atoms with Gasteiger partial charge in [0.2, 0.25) is 0 Å². The summed E-state index contributed by atoms with van der Waals surface area (Å²) in [6.07, 6.45) is 3.59. The monoisotopic (exact) mass is 201 g/mol. The number of aromatic nitrogens is 1. The Balaban J connectivity index is 2.58. The largest absolute Gasteiger partial charge is 0.265 e. The van der Waals surface area contributed by atoms with Crippen LogP contribution in [0.5, 0.6) is 0 Å². The second-order valence-corrected chi connectivity index (χ2v) is 3.65. The van der Waals surface area contributed by atoms with Gasteiger partial charge in [-0.05, 0) is 35.7 Å². The molecule has 70 valence electrons. The molecule has 0 fully saturated rings. The molecule has 0 N–H and O–H groups in total. The Kier molecular flexibility index (Phi) is 2.55. The molecule has 2 aromatic rings. The Morgan fingerprint density at radius 2 is 1.79 bits per heavy atom. The Morgan fingerprint density at radius 3 is 2.50 bits per heavy atom. The van der Waals surface area contributed by atoms with Crippen LogP contribution >= 0.6 is 12.6 Å². The lowest BCUT2D eigenvalue weighted by molar-refractivity contribution is 1.29. The summed E-state index contributed by atoms with van der Waals surface area (Å²) in [6, 6.07) is 10.2. The maximum absolute atomic E-state index is 4.50. The van der Waals surface area contributed by atoms with Gasteiger partial charge in [0, 0.05) is 17.3 Å². The summed E-state index contributed by atoms with van der Waals surface area (Å²) >= 11 is 4.50. The third-order valence-electron chi connectivity index (χ3n) is 2.23. The molecule has 0 spiro atoms. The molecule has 0 aliphatic heterocycles. The molecule has 0 saturated heterocycles. The maximum Gasteiger partial charge on any atom is 0.0273 e. The lowest BCUT2D eigenvalue weighted by Gasteiger charge is -2.06. The van der Waals surface area contributed by atoms with E-state index in [9.17, 15) is 0 Å². The van der Waals surface area contributed by atoms with Crippen LogP contribution in [0.2, 0.25) is 0 Å². The minimum absolute atomic E-state index is 1.04. The molecule has 0 radical (unpaired) electrons. The van der Waals surface area contributed by atoms with Gasteiger partial charge in [0.05, 0.1) is 0 Å². The molecule has 0 unspecified atom stereocenters. The average Bonchev–Trinajstić information content (AvgIpc) is 2.23. The zero-order valence-electron chi connectivity index (χ0n) is 7.94. The summed E-state index contributed by atoms with van der Waals surface area (Å²) < 4.78 is 0. The van der Waals surface area contributed by atoms with Crippen molar-refractivity contribution < 1.29 is 0 Å². The number of rotatable bonds is 1. The molecule has 0 bridgehead atoms. The van der Waals surface area contributed by atoms with Crippen molar-refractivity contribution in [1.29, 1.82) is 0 Å². The van der Waals surface area contributed by atoms with Crippen molar-refractivity contribution >= 4 is 12.6 Å². The fraction of sp³-hybridized carbons (Fsp3) is 0.0833. The van der Waals surface area contributed by atoms with Crippen LogP contribution in [0.3, 0.4) is 0 Å². The number of nitrogens with zero attached hydrogens (tertiary/aromatic N) is 1. The van der Waals surface area contributed by atoms with E-state index in [0.29, 0.717) is 0 Å². The summed E-state index contributed by atoms with van der Waals surface area (Å²) in [5, 5.41) is 0. The van der Waals surface area contributed by atoms with Crippen LogP contribution < -0.4 is 0 Å². The van der Waals surface area contributed by atoms with Gasteiger partial charge in [-0.15, -0.1) is 12.6 Å². The first-order chi connectivity index (χ1) is 6.79. The molecular weight excluding hydrogens is 190 g/mol. The minimum Gasteiger partial charge on any atom is -0.265 e. The van der Waals surface area contributed by atoms with Crippen molar-refractivity contribution in [3.05, 3.63) is 48.3 Å². The van der Waals surface area contributed by atoms with E-state index in [4.69, 9.17) is 0 Å². The van der Waals surface area contributed by atoms with Crippen LogP contribution in [0.15, 0.2) is 47.6 Å². The summed E-state index contributed by atoms with van der Waals surface area (Å²) in [6.45, 7) is 2.06. The SMILES string of the molecule is Cc1cccc(-c2ccncc2)c1S. The van der Waals surface area contributed by atoms with Gasteiger partial charge in [-0.2, -0.15) is 0 Å². The predicted molar refractivity (Wildman–Crippen MR) is 61.7 cm³/mol. The summed E-state index contributed by atoms with van der Waals surface area (Å²) in [4.78, 5) is 5.04. The molecule has 0 saturated carbocycles. The highest BCUT2D eigenvalue weighted by atomic mass is 32.1. The Morgan fingerprint density at radius 1 is 1.07 bits per heavy atom. The number of aryl methyl sites for hydroxylation is 1. The standard InChI is InChI=1S/C12H11NS/c1-9-3-2-4-11(12(9)14)10-5-7-13-8-6-10/h2-8,14H,1H3. The van der Waals surface area contributed by atoms with Crippen LogP contribution in [-0.4, -0.2) is 4.98 Å². The first-order valence-corrected chi connectivity index (χ1v) is 4.93. The summed E-state index contributed by atoms with van der Waals surface area (Å²) in [5.74, 6) is 0. The topological polar surface area (TPSA) is 12.9 Å². The molecule has 1 heterocycles. The predicted octanol–water partition coefficient (Wildman–Crippen LogP) is 3.35. The highest BCUT2D eigenvalue weighted by Gasteiger charge is 2.02. The van der Waals surface area contributed by atoms with Crippen LogP contribution in [0.25, 0.3) is 11.1 Å². The van der Waals surface area contributed by atoms with Crippen molar-refractivity contribution in [3.8, 4) is 11.1 Å². The van der Waals surface area contributed by atoms with E-state index in [0.717, 1.165) is 16.0 Å². The van der Waals surface area contributed by atoms with Gasteiger partial charge in [-0.3, -0.25) is 4.98 Å². The Labute approximate surface area is 89.2 Å². The van der Waals surface area contributed by atoms with E-state index in [2.05, 4.69) is 36.7 Å². The lowest BCUT2D eigenvalue weighted by Crippen LogP contribution is -1.83. The Bertz CT molecular complexity index is 437. The quantitative estimate of drug-likeness (QED) is 0.698. The van der Waals surface area contributed by atoms with Crippen molar-refractivity contribution in [3.63, 3.8) is 0 Å². The van der Waals surface area contributed by atoms with Gasteiger partial charge in [-0.25, -0.2) is 0 Å². The second-order valence-electron chi connectivity index (χ2n) is 3.21. The number of thiol groups is 1. The van der Waals surface area contributed by atoms with Crippen LogP contribution in [0, 0.1) is 6.92 Å². The first-order valence-electron chi connectivity index (χ1n) is 4.48. The molecule has 1 aromatic carbocycles. The molecule has 0 atom stereocenters. The third-order valence-corrected chi connectivity index (χ3v) is 2.82.